The van der Waals surface area contributed by atoms with Crippen molar-refractivity contribution in [3.05, 3.63) is 64.2 Å². The van der Waals surface area contributed by atoms with Crippen molar-refractivity contribution in [3.8, 4) is 5.75 Å². The van der Waals surface area contributed by atoms with Gasteiger partial charge in [0.25, 0.3) is 0 Å². The third-order valence-electron chi connectivity index (χ3n) is 3.55. The van der Waals surface area contributed by atoms with E-state index in [4.69, 9.17) is 16.3 Å². The Kier molecular flexibility index (Phi) is 3.64. The van der Waals surface area contributed by atoms with Gasteiger partial charge in [-0.25, -0.2) is 8.78 Å². The van der Waals surface area contributed by atoms with Crippen molar-refractivity contribution < 1.29 is 18.3 Å². The van der Waals surface area contributed by atoms with Crippen molar-refractivity contribution in [1.29, 1.82) is 0 Å². The summed E-state index contributed by atoms with van der Waals surface area (Å²) < 4.78 is 32.0. The van der Waals surface area contributed by atoms with Crippen molar-refractivity contribution in [2.45, 2.75) is 12.3 Å². The van der Waals surface area contributed by atoms with E-state index in [0.717, 1.165) is 17.7 Å². The highest BCUT2D eigenvalue weighted by molar-refractivity contribution is 6.34. The summed E-state index contributed by atoms with van der Waals surface area (Å²) in [5, 5.41) is -0.0807. The zero-order valence-corrected chi connectivity index (χ0v) is 11.7. The lowest BCUT2D eigenvalue weighted by Gasteiger charge is -2.25. The predicted octanol–water partition coefficient (Wildman–Crippen LogP) is 4.37. The van der Waals surface area contributed by atoms with Crippen LogP contribution in [0.15, 0.2) is 36.4 Å². The molecular weight excluding hydrogens is 298 g/mol. The second kappa shape index (κ2) is 5.45. The average molecular weight is 309 g/mol. The third-order valence-corrected chi connectivity index (χ3v) is 3.86. The minimum atomic E-state index is -1.08. The van der Waals surface area contributed by atoms with Crippen LogP contribution in [-0.2, 0) is 0 Å². The van der Waals surface area contributed by atoms with Crippen LogP contribution in [0.3, 0.4) is 0 Å². The standard InChI is InChI=1S/C16H11ClF2O2/c17-12-8-14(19)13(18)7-11(12)16(20)10-5-6-21-15-4-2-1-3-9(10)15/h1-4,7-8,10H,5-6H2. The van der Waals surface area contributed by atoms with Gasteiger partial charge in [-0.05, 0) is 24.6 Å². The van der Waals surface area contributed by atoms with Gasteiger partial charge in [0.05, 0.1) is 17.5 Å². The Morgan fingerprint density at radius 2 is 1.90 bits per heavy atom. The molecule has 1 heterocycles. The van der Waals surface area contributed by atoms with E-state index in [-0.39, 0.29) is 16.4 Å². The highest BCUT2D eigenvalue weighted by Crippen LogP contribution is 2.37. The van der Waals surface area contributed by atoms with Gasteiger partial charge < -0.3 is 4.74 Å². The summed E-state index contributed by atoms with van der Waals surface area (Å²) in [6, 6.07) is 8.89. The van der Waals surface area contributed by atoms with Crippen LogP contribution in [0.5, 0.6) is 5.75 Å². The number of Topliss-reactive ketones (excluding diaryl/α,β-unsaturated/α-hetero) is 1. The normalized spacial score (nSPS) is 17.0. The number of hydrogen-bond acceptors (Lipinski definition) is 2. The molecule has 0 aliphatic carbocycles. The molecule has 1 atom stereocenters. The molecule has 1 unspecified atom stereocenters. The number of carbonyl (C=O) groups is 1. The smallest absolute Gasteiger partial charge is 0.172 e. The lowest BCUT2D eigenvalue weighted by molar-refractivity contribution is 0.0932. The van der Waals surface area contributed by atoms with Gasteiger partial charge in [-0.1, -0.05) is 29.8 Å². The highest BCUT2D eigenvalue weighted by Gasteiger charge is 2.30. The SMILES string of the molecule is O=C(c1cc(F)c(F)cc1Cl)C1CCOc2ccccc21. The van der Waals surface area contributed by atoms with Crippen molar-refractivity contribution in [2.24, 2.45) is 0 Å². The fourth-order valence-corrected chi connectivity index (χ4v) is 2.76. The molecule has 2 aromatic carbocycles. The molecule has 2 nitrogen and oxygen atoms in total. The summed E-state index contributed by atoms with van der Waals surface area (Å²) in [6.45, 7) is 0.398. The fourth-order valence-electron chi connectivity index (χ4n) is 2.51. The average Bonchev–Trinajstić information content (AvgIpc) is 2.49. The number of fused-ring (bicyclic) bond motifs is 1. The zero-order valence-electron chi connectivity index (χ0n) is 10.9. The van der Waals surface area contributed by atoms with Gasteiger partial charge in [0, 0.05) is 11.1 Å². The number of carbonyl (C=O) groups excluding carboxylic acids is 1. The maximum Gasteiger partial charge on any atom is 0.172 e. The van der Waals surface area contributed by atoms with Crippen LogP contribution in [0.25, 0.3) is 0 Å². The molecule has 0 saturated carbocycles. The molecule has 5 heteroatoms. The van der Waals surface area contributed by atoms with Gasteiger partial charge in [0.1, 0.15) is 5.75 Å². The van der Waals surface area contributed by atoms with E-state index >= 15 is 0 Å². The molecule has 0 N–H and O–H groups in total. The molecule has 0 radical (unpaired) electrons. The Morgan fingerprint density at radius 1 is 1.19 bits per heavy atom. The van der Waals surface area contributed by atoms with Crippen LogP contribution in [0.2, 0.25) is 5.02 Å². The van der Waals surface area contributed by atoms with Gasteiger partial charge in [-0.15, -0.1) is 0 Å². The fraction of sp³-hybridized carbons (Fsp3) is 0.188. The molecule has 0 spiro atoms. The van der Waals surface area contributed by atoms with E-state index in [2.05, 4.69) is 0 Å². The van der Waals surface area contributed by atoms with E-state index in [1.165, 1.54) is 0 Å². The van der Waals surface area contributed by atoms with Gasteiger partial charge in [0.2, 0.25) is 0 Å². The highest BCUT2D eigenvalue weighted by atomic mass is 35.5. The minimum Gasteiger partial charge on any atom is -0.493 e. The molecule has 0 bridgehead atoms. The molecule has 21 heavy (non-hydrogen) atoms. The van der Waals surface area contributed by atoms with Gasteiger partial charge >= 0.3 is 0 Å². The lowest BCUT2D eigenvalue weighted by atomic mass is 9.86. The Labute approximate surface area is 125 Å². The van der Waals surface area contributed by atoms with Crippen LogP contribution in [0.1, 0.15) is 28.3 Å². The maximum absolute atomic E-state index is 13.4. The second-order valence-electron chi connectivity index (χ2n) is 4.84. The largest absolute Gasteiger partial charge is 0.493 e. The number of ketones is 1. The molecule has 0 amide bonds. The first kappa shape index (κ1) is 14.0. The van der Waals surface area contributed by atoms with Crippen LogP contribution in [0.4, 0.5) is 8.78 Å². The molecule has 2 aromatic rings. The van der Waals surface area contributed by atoms with Crippen LogP contribution in [-0.4, -0.2) is 12.4 Å². The first-order valence-corrected chi connectivity index (χ1v) is 6.86. The molecule has 1 aliphatic rings. The first-order valence-electron chi connectivity index (χ1n) is 6.48. The van der Waals surface area contributed by atoms with E-state index in [9.17, 15) is 13.6 Å². The lowest BCUT2D eigenvalue weighted by Crippen LogP contribution is -2.22. The van der Waals surface area contributed by atoms with Gasteiger partial charge in [0.15, 0.2) is 17.4 Å². The Hall–Kier alpha value is -1.94. The summed E-state index contributed by atoms with van der Waals surface area (Å²) in [4.78, 5) is 12.6. The summed E-state index contributed by atoms with van der Waals surface area (Å²) in [7, 11) is 0. The first-order chi connectivity index (χ1) is 10.1. The van der Waals surface area contributed by atoms with Crippen molar-refractivity contribution in [3.63, 3.8) is 0 Å². The van der Waals surface area contributed by atoms with Crippen LogP contribution in [0, 0.1) is 11.6 Å². The van der Waals surface area contributed by atoms with E-state index in [1.54, 1.807) is 18.2 Å². The number of rotatable bonds is 2. The Bertz CT molecular complexity index is 715. The minimum absolute atomic E-state index is 0.00253. The molecule has 108 valence electrons. The van der Waals surface area contributed by atoms with Crippen LogP contribution < -0.4 is 4.74 Å². The van der Waals surface area contributed by atoms with Gasteiger partial charge in [-0.2, -0.15) is 0 Å². The van der Waals surface area contributed by atoms with Crippen molar-refractivity contribution in [1.82, 2.24) is 0 Å². The van der Waals surface area contributed by atoms with E-state index in [0.29, 0.717) is 18.8 Å². The summed E-state index contributed by atoms with van der Waals surface area (Å²) in [5.74, 6) is -2.29. The van der Waals surface area contributed by atoms with Crippen LogP contribution >= 0.6 is 11.6 Å². The molecule has 0 aromatic heterocycles. The molecule has 3 rings (SSSR count). The molecule has 0 fully saturated rings. The number of para-hydroxylation sites is 1. The predicted molar refractivity (Wildman–Crippen MR) is 75.0 cm³/mol. The maximum atomic E-state index is 13.4. The number of hydrogen-bond donors (Lipinski definition) is 0. The van der Waals surface area contributed by atoms with E-state index in [1.807, 2.05) is 6.07 Å². The monoisotopic (exact) mass is 308 g/mol. The summed E-state index contributed by atoms with van der Waals surface area (Å²) >= 11 is 5.88. The summed E-state index contributed by atoms with van der Waals surface area (Å²) in [6.07, 6.45) is 0.477. The Balaban J connectivity index is 2.03. The zero-order chi connectivity index (χ0) is 15.0. The number of benzene rings is 2. The van der Waals surface area contributed by atoms with E-state index < -0.39 is 17.6 Å². The third kappa shape index (κ3) is 2.51. The van der Waals surface area contributed by atoms with Gasteiger partial charge in [-0.3, -0.25) is 4.79 Å². The summed E-state index contributed by atoms with van der Waals surface area (Å²) in [5.41, 5.74) is 0.742. The number of ether oxygens (including phenoxy) is 1. The molecule has 1 aliphatic heterocycles. The van der Waals surface area contributed by atoms with Crippen molar-refractivity contribution in [2.75, 3.05) is 6.61 Å². The quantitative estimate of drug-likeness (QED) is 0.608. The topological polar surface area (TPSA) is 26.3 Å². The molecule has 0 saturated heterocycles. The van der Waals surface area contributed by atoms with Crippen molar-refractivity contribution >= 4 is 17.4 Å². The molecular formula is C16H11ClF2O2. The Morgan fingerprint density at radius 3 is 2.71 bits per heavy atom. The number of halogens is 3. The second-order valence-corrected chi connectivity index (χ2v) is 5.25.